The number of benzene rings is 1. The van der Waals surface area contributed by atoms with E-state index < -0.39 is 11.6 Å². The monoisotopic (exact) mass is 281 g/mol. The lowest BCUT2D eigenvalue weighted by molar-refractivity contribution is 0.247. The molecule has 0 spiro atoms. The third-order valence-corrected chi connectivity index (χ3v) is 4.27. The molecular formula is C17H25F2N. The molecule has 0 amide bonds. The maximum absolute atomic E-state index is 14.2. The van der Waals surface area contributed by atoms with Crippen molar-refractivity contribution >= 4 is 0 Å². The minimum absolute atomic E-state index is 0.000946. The van der Waals surface area contributed by atoms with Gasteiger partial charge in [-0.05, 0) is 45.2 Å². The van der Waals surface area contributed by atoms with E-state index >= 15 is 0 Å². The van der Waals surface area contributed by atoms with Crippen LogP contribution in [0.25, 0.3) is 0 Å². The Morgan fingerprint density at radius 1 is 1.10 bits per heavy atom. The lowest BCUT2D eigenvalue weighted by atomic mass is 9.69. The predicted molar refractivity (Wildman–Crippen MR) is 78.9 cm³/mol. The molecule has 0 aromatic heterocycles. The van der Waals surface area contributed by atoms with Gasteiger partial charge < -0.3 is 5.32 Å². The van der Waals surface area contributed by atoms with E-state index in [2.05, 4.69) is 26.1 Å². The van der Waals surface area contributed by atoms with E-state index in [4.69, 9.17) is 0 Å². The van der Waals surface area contributed by atoms with Crippen LogP contribution >= 0.6 is 0 Å². The van der Waals surface area contributed by atoms with Crippen molar-refractivity contribution < 1.29 is 8.78 Å². The van der Waals surface area contributed by atoms with Crippen molar-refractivity contribution in [1.82, 2.24) is 5.32 Å². The molecule has 1 nitrogen and oxygen atoms in total. The highest BCUT2D eigenvalue weighted by Gasteiger charge is 2.36. The number of halogens is 2. The highest BCUT2D eigenvalue weighted by molar-refractivity contribution is 5.29. The number of hydrogen-bond donors (Lipinski definition) is 1. The number of rotatable bonds is 3. The van der Waals surface area contributed by atoms with E-state index in [0.29, 0.717) is 5.56 Å². The van der Waals surface area contributed by atoms with Gasteiger partial charge in [-0.3, -0.25) is 0 Å². The first-order valence-electron chi connectivity index (χ1n) is 7.53. The predicted octanol–water partition coefficient (Wildman–Crippen LogP) is 4.55. The second kappa shape index (κ2) is 5.80. The molecular weight excluding hydrogens is 256 g/mol. The Morgan fingerprint density at radius 2 is 1.75 bits per heavy atom. The zero-order chi connectivity index (χ0) is 14.8. The molecule has 0 saturated heterocycles. The van der Waals surface area contributed by atoms with Crippen molar-refractivity contribution in [2.75, 3.05) is 6.54 Å². The first kappa shape index (κ1) is 15.4. The first-order chi connectivity index (χ1) is 9.32. The van der Waals surface area contributed by atoms with Crippen molar-refractivity contribution in [3.8, 4) is 0 Å². The molecule has 0 heterocycles. The quantitative estimate of drug-likeness (QED) is 0.856. The summed E-state index contributed by atoms with van der Waals surface area (Å²) < 4.78 is 27.4. The summed E-state index contributed by atoms with van der Waals surface area (Å²) in [5.41, 5.74) is 0.486. The van der Waals surface area contributed by atoms with Crippen molar-refractivity contribution in [2.45, 2.75) is 63.8 Å². The summed E-state index contributed by atoms with van der Waals surface area (Å²) in [5, 5.41) is 3.51. The largest absolute Gasteiger partial charge is 0.311 e. The molecule has 3 heteroatoms. The standard InChI is InChI=1S/C17H25F2N/c1-16(2,3)20-12-17(9-5-4-6-10-17)14-8-7-13(18)11-15(14)19/h7-8,11,20H,4-6,9-10,12H2,1-3H3. The lowest BCUT2D eigenvalue weighted by Gasteiger charge is -2.40. The molecule has 0 bridgehead atoms. The van der Waals surface area contributed by atoms with Crippen LogP contribution in [0, 0.1) is 11.6 Å². The van der Waals surface area contributed by atoms with Gasteiger partial charge in [-0.2, -0.15) is 0 Å². The van der Waals surface area contributed by atoms with Gasteiger partial charge in [0.15, 0.2) is 0 Å². The summed E-state index contributed by atoms with van der Waals surface area (Å²) in [6.45, 7) is 7.10. The van der Waals surface area contributed by atoms with Crippen molar-refractivity contribution in [3.63, 3.8) is 0 Å². The Labute approximate surface area is 120 Å². The summed E-state index contributed by atoms with van der Waals surface area (Å²) in [5.74, 6) is -0.899. The third kappa shape index (κ3) is 3.57. The highest BCUT2D eigenvalue weighted by Crippen LogP contribution is 2.40. The van der Waals surface area contributed by atoms with E-state index in [1.54, 1.807) is 6.07 Å². The smallest absolute Gasteiger partial charge is 0.129 e. The Hall–Kier alpha value is -0.960. The fraction of sp³-hybridized carbons (Fsp3) is 0.647. The van der Waals surface area contributed by atoms with Gasteiger partial charge in [-0.15, -0.1) is 0 Å². The molecule has 112 valence electrons. The number of hydrogen-bond acceptors (Lipinski definition) is 1. The van der Waals surface area contributed by atoms with Crippen LogP contribution in [0.15, 0.2) is 18.2 Å². The fourth-order valence-electron chi connectivity index (χ4n) is 3.12. The van der Waals surface area contributed by atoms with Crippen molar-refractivity contribution in [3.05, 3.63) is 35.4 Å². The maximum Gasteiger partial charge on any atom is 0.129 e. The Balaban J connectivity index is 2.30. The average molecular weight is 281 g/mol. The van der Waals surface area contributed by atoms with Crippen LogP contribution < -0.4 is 5.32 Å². The Morgan fingerprint density at radius 3 is 2.30 bits per heavy atom. The van der Waals surface area contributed by atoms with E-state index in [0.717, 1.165) is 38.3 Å². The summed E-state index contributed by atoms with van der Waals surface area (Å²) in [6, 6.07) is 4.04. The van der Waals surface area contributed by atoms with Gasteiger partial charge in [0.1, 0.15) is 11.6 Å². The van der Waals surface area contributed by atoms with Crippen LogP contribution in [-0.2, 0) is 5.41 Å². The average Bonchev–Trinajstić information content (AvgIpc) is 2.36. The second-order valence-corrected chi connectivity index (χ2v) is 7.07. The molecule has 1 aliphatic carbocycles. The van der Waals surface area contributed by atoms with Crippen molar-refractivity contribution in [1.29, 1.82) is 0 Å². The summed E-state index contributed by atoms with van der Waals surface area (Å²) in [7, 11) is 0. The van der Waals surface area contributed by atoms with Gasteiger partial charge in [0.05, 0.1) is 0 Å². The van der Waals surface area contributed by atoms with Crippen molar-refractivity contribution in [2.24, 2.45) is 0 Å². The maximum atomic E-state index is 14.2. The topological polar surface area (TPSA) is 12.0 Å². The fourth-order valence-corrected chi connectivity index (χ4v) is 3.12. The van der Waals surface area contributed by atoms with Crippen LogP contribution in [0.4, 0.5) is 8.78 Å². The molecule has 1 N–H and O–H groups in total. The number of nitrogens with one attached hydrogen (secondary N) is 1. The van der Waals surface area contributed by atoms with Gasteiger partial charge in [0, 0.05) is 23.6 Å². The molecule has 0 radical (unpaired) electrons. The van der Waals surface area contributed by atoms with Gasteiger partial charge in [0.25, 0.3) is 0 Å². The van der Waals surface area contributed by atoms with E-state index in [9.17, 15) is 8.78 Å². The molecule has 2 rings (SSSR count). The van der Waals surface area contributed by atoms with Crippen LogP contribution in [0.5, 0.6) is 0 Å². The third-order valence-electron chi connectivity index (χ3n) is 4.27. The minimum Gasteiger partial charge on any atom is -0.311 e. The minimum atomic E-state index is -0.499. The van der Waals surface area contributed by atoms with Gasteiger partial charge >= 0.3 is 0 Å². The van der Waals surface area contributed by atoms with Crippen LogP contribution in [0.1, 0.15) is 58.4 Å². The molecule has 0 atom stereocenters. The van der Waals surface area contributed by atoms with E-state index in [-0.39, 0.29) is 11.0 Å². The van der Waals surface area contributed by atoms with Crippen LogP contribution in [0.3, 0.4) is 0 Å². The van der Waals surface area contributed by atoms with Gasteiger partial charge in [-0.25, -0.2) is 8.78 Å². The lowest BCUT2D eigenvalue weighted by Crippen LogP contribution is -2.47. The van der Waals surface area contributed by atoms with E-state index in [1.165, 1.54) is 12.5 Å². The van der Waals surface area contributed by atoms with Gasteiger partial charge in [0.2, 0.25) is 0 Å². The molecule has 0 aliphatic heterocycles. The van der Waals surface area contributed by atoms with Crippen LogP contribution in [-0.4, -0.2) is 12.1 Å². The van der Waals surface area contributed by atoms with Gasteiger partial charge in [-0.1, -0.05) is 25.3 Å². The van der Waals surface area contributed by atoms with Crippen LogP contribution in [0.2, 0.25) is 0 Å². The summed E-state index contributed by atoms with van der Waals surface area (Å²) in [4.78, 5) is 0. The Kier molecular flexibility index (Phi) is 4.48. The molecule has 1 aliphatic rings. The second-order valence-electron chi connectivity index (χ2n) is 7.07. The molecule has 1 aromatic rings. The molecule has 20 heavy (non-hydrogen) atoms. The molecule has 1 saturated carbocycles. The highest BCUT2D eigenvalue weighted by atomic mass is 19.1. The molecule has 0 unspecified atom stereocenters. The summed E-state index contributed by atoms with van der Waals surface area (Å²) in [6.07, 6.45) is 5.38. The molecule has 1 aromatic carbocycles. The zero-order valence-corrected chi connectivity index (χ0v) is 12.7. The first-order valence-corrected chi connectivity index (χ1v) is 7.53. The van der Waals surface area contributed by atoms with E-state index in [1.807, 2.05) is 0 Å². The zero-order valence-electron chi connectivity index (χ0n) is 12.7. The Bertz CT molecular complexity index is 457. The SMILES string of the molecule is CC(C)(C)NCC1(c2ccc(F)cc2F)CCCCC1. The normalized spacial score (nSPS) is 19.1. The summed E-state index contributed by atoms with van der Waals surface area (Å²) >= 11 is 0. The molecule has 1 fully saturated rings.